The molecule has 0 aliphatic carbocycles. The monoisotopic (exact) mass is 722 g/mol. The van der Waals surface area contributed by atoms with Crippen LogP contribution in [0.25, 0.3) is 97.9 Å². The van der Waals surface area contributed by atoms with Crippen LogP contribution in [0.2, 0.25) is 0 Å². The number of aromatic nitrogens is 4. The molecule has 260 valence electrons. The molecular weight excluding hydrogens is 689 g/mol. The minimum Gasteiger partial charge on any atom is -0.276 e. The van der Waals surface area contributed by atoms with E-state index in [4.69, 9.17) is 15.0 Å². The van der Waals surface area contributed by atoms with Crippen LogP contribution in [0.5, 0.6) is 0 Å². The fourth-order valence-corrected chi connectivity index (χ4v) is 9.00. The highest BCUT2D eigenvalue weighted by molar-refractivity contribution is 7.26. The van der Waals surface area contributed by atoms with Gasteiger partial charge in [-0.2, -0.15) is 9.97 Å². The van der Waals surface area contributed by atoms with E-state index in [1.807, 2.05) is 66.8 Å². The van der Waals surface area contributed by atoms with Crippen LogP contribution in [0.4, 0.5) is 0 Å². The highest BCUT2D eigenvalue weighted by Crippen LogP contribution is 2.45. The van der Waals surface area contributed by atoms with E-state index in [9.17, 15) is 0 Å². The second-order valence-corrected chi connectivity index (χ2v) is 14.7. The second kappa shape index (κ2) is 13.5. The molecule has 0 unspecified atom stereocenters. The molecule has 3 heterocycles. The zero-order chi connectivity index (χ0) is 36.9. The van der Waals surface area contributed by atoms with Gasteiger partial charge < -0.3 is 0 Å². The van der Waals surface area contributed by atoms with Crippen LogP contribution >= 0.6 is 11.3 Å². The van der Waals surface area contributed by atoms with Crippen LogP contribution < -0.4 is 0 Å². The molecule has 0 aliphatic rings. The number of fused-ring (bicyclic) bond motifs is 8. The number of hydrogen-bond acceptors (Lipinski definition) is 4. The van der Waals surface area contributed by atoms with Crippen molar-refractivity contribution >= 4 is 69.7 Å². The van der Waals surface area contributed by atoms with Crippen molar-refractivity contribution in [1.82, 2.24) is 19.5 Å². The lowest BCUT2D eigenvalue weighted by Gasteiger charge is -2.11. The van der Waals surface area contributed by atoms with Crippen molar-refractivity contribution < 1.29 is 0 Å². The Balaban J connectivity index is 1.29. The van der Waals surface area contributed by atoms with Crippen LogP contribution in [-0.4, -0.2) is 19.5 Å². The van der Waals surface area contributed by atoms with Gasteiger partial charge in [-0.1, -0.05) is 158 Å². The van der Waals surface area contributed by atoms with Crippen molar-refractivity contribution in [2.75, 3.05) is 0 Å². The van der Waals surface area contributed by atoms with Crippen molar-refractivity contribution in [2.24, 2.45) is 0 Å². The predicted molar refractivity (Wildman–Crippen MR) is 234 cm³/mol. The molecule has 0 spiro atoms. The lowest BCUT2D eigenvalue weighted by Crippen LogP contribution is -2.08. The van der Waals surface area contributed by atoms with Crippen LogP contribution in [0.15, 0.2) is 183 Å². The largest absolute Gasteiger partial charge is 0.276 e. The predicted octanol–water partition coefficient (Wildman–Crippen LogP) is 13.6. The Bertz CT molecular complexity index is 3160. The lowest BCUT2D eigenvalue weighted by molar-refractivity contribution is 0.934. The van der Waals surface area contributed by atoms with Crippen molar-refractivity contribution in [3.8, 4) is 39.6 Å². The zero-order valence-electron chi connectivity index (χ0n) is 30.1. The summed E-state index contributed by atoms with van der Waals surface area (Å²) in [5.41, 5.74) is 8.72. The topological polar surface area (TPSA) is 43.6 Å². The minimum atomic E-state index is 0.573. The molecule has 0 fully saturated rings. The van der Waals surface area contributed by atoms with Gasteiger partial charge in [-0.25, -0.2) is 4.98 Å². The van der Waals surface area contributed by atoms with Gasteiger partial charge in [-0.15, -0.1) is 11.3 Å². The smallest absolute Gasteiger partial charge is 0.238 e. The molecule has 0 aliphatic heterocycles. The second-order valence-electron chi connectivity index (χ2n) is 13.6. The molecule has 0 saturated carbocycles. The first-order valence-corrected chi connectivity index (χ1v) is 19.2. The third-order valence-electron chi connectivity index (χ3n) is 10.4. The fraction of sp³-hybridized carbons (Fsp3) is 0.0200. The van der Waals surface area contributed by atoms with Crippen LogP contribution in [0, 0.1) is 0 Å². The summed E-state index contributed by atoms with van der Waals surface area (Å²) in [6, 6.07) is 54.1. The minimum absolute atomic E-state index is 0.573. The van der Waals surface area contributed by atoms with Gasteiger partial charge in [0.25, 0.3) is 0 Å². The molecule has 0 N–H and O–H groups in total. The van der Waals surface area contributed by atoms with Gasteiger partial charge >= 0.3 is 0 Å². The Kier molecular flexibility index (Phi) is 8.01. The fourth-order valence-electron chi connectivity index (χ4n) is 7.78. The molecule has 0 amide bonds. The first-order valence-electron chi connectivity index (χ1n) is 18.4. The molecule has 3 aromatic heterocycles. The van der Waals surface area contributed by atoms with Crippen molar-refractivity contribution in [3.63, 3.8) is 0 Å². The van der Waals surface area contributed by atoms with Gasteiger partial charge in [0.2, 0.25) is 5.95 Å². The van der Waals surface area contributed by atoms with Gasteiger partial charge in [-0.3, -0.25) is 4.57 Å². The highest BCUT2D eigenvalue weighted by atomic mass is 32.1. The average molecular weight is 723 g/mol. The first-order chi connectivity index (χ1) is 27.2. The maximum Gasteiger partial charge on any atom is 0.238 e. The summed E-state index contributed by atoms with van der Waals surface area (Å²) in [5, 5.41) is 7.24. The number of allylic oxidation sites excluding steroid dienone is 5. The SMILES string of the molecule is C=C/C=C\C(=C/C)c1nc(-c2ccccc2)nc(-n2c3ccc(-c4ccccc4)cc3c3ccc4c5cc(-c6cccc7ccccc67)ccc5sc4c32)n1. The number of nitrogens with zero attached hydrogens (tertiary/aromatic N) is 4. The van der Waals surface area contributed by atoms with E-state index in [1.165, 1.54) is 47.6 Å². The summed E-state index contributed by atoms with van der Waals surface area (Å²) in [7, 11) is 0. The maximum atomic E-state index is 5.24. The van der Waals surface area contributed by atoms with Gasteiger partial charge in [-0.05, 0) is 64.2 Å². The first kappa shape index (κ1) is 32.7. The highest BCUT2D eigenvalue weighted by Gasteiger charge is 2.22. The number of hydrogen-bond donors (Lipinski definition) is 0. The molecule has 0 bridgehead atoms. The van der Waals surface area contributed by atoms with E-state index < -0.39 is 0 Å². The molecular formula is C50H34N4S. The molecule has 4 nitrogen and oxygen atoms in total. The Labute approximate surface area is 322 Å². The molecule has 7 aromatic carbocycles. The molecule has 0 radical (unpaired) electrons. The summed E-state index contributed by atoms with van der Waals surface area (Å²) in [6.07, 6.45) is 7.71. The Morgan fingerprint density at radius 2 is 1.33 bits per heavy atom. The van der Waals surface area contributed by atoms with Gasteiger partial charge in [0.05, 0.1) is 15.7 Å². The molecule has 0 atom stereocenters. The third kappa shape index (κ3) is 5.56. The molecule has 0 saturated heterocycles. The lowest BCUT2D eigenvalue weighted by atomic mass is 9.97. The summed E-state index contributed by atoms with van der Waals surface area (Å²) < 4.78 is 4.69. The van der Waals surface area contributed by atoms with E-state index in [2.05, 4.69) is 132 Å². The standard InChI is InChI=1S/C50H34N4S/c1-3-5-15-32(4-2)48-51-49(35-19-10-7-11-20-35)53-50(52-48)54-44-28-24-36(33-16-8-6-9-17-33)30-42(44)40-26-27-41-43-31-37(25-29-45(43)55-47(41)46(40)54)39-23-14-21-34-18-12-13-22-38(34)39/h3-31H,1H2,2H3/b15-5-,32-4+. The molecule has 10 aromatic rings. The number of thiophene rings is 1. The summed E-state index contributed by atoms with van der Waals surface area (Å²) >= 11 is 1.82. The van der Waals surface area contributed by atoms with E-state index in [0.717, 1.165) is 38.5 Å². The molecule has 10 rings (SSSR count). The third-order valence-corrected chi connectivity index (χ3v) is 11.6. The average Bonchev–Trinajstić information content (AvgIpc) is 3.79. The van der Waals surface area contributed by atoms with Gasteiger partial charge in [0.15, 0.2) is 11.6 Å². The Morgan fingerprint density at radius 3 is 2.15 bits per heavy atom. The Hall–Kier alpha value is -6.95. The van der Waals surface area contributed by atoms with E-state index in [0.29, 0.717) is 17.6 Å². The normalized spacial score (nSPS) is 12.2. The van der Waals surface area contributed by atoms with Crippen LogP contribution in [-0.2, 0) is 0 Å². The van der Waals surface area contributed by atoms with E-state index >= 15 is 0 Å². The van der Waals surface area contributed by atoms with Crippen LogP contribution in [0.3, 0.4) is 0 Å². The zero-order valence-corrected chi connectivity index (χ0v) is 31.0. The van der Waals surface area contributed by atoms with Crippen molar-refractivity contribution in [1.29, 1.82) is 0 Å². The molecule has 55 heavy (non-hydrogen) atoms. The quantitative estimate of drug-likeness (QED) is 0.154. The van der Waals surface area contributed by atoms with Gasteiger partial charge in [0, 0.05) is 37.4 Å². The molecule has 5 heteroatoms. The summed E-state index contributed by atoms with van der Waals surface area (Å²) in [6.45, 7) is 5.90. The summed E-state index contributed by atoms with van der Waals surface area (Å²) in [4.78, 5) is 15.5. The van der Waals surface area contributed by atoms with Crippen molar-refractivity contribution in [2.45, 2.75) is 6.92 Å². The Morgan fingerprint density at radius 1 is 0.600 bits per heavy atom. The van der Waals surface area contributed by atoms with E-state index in [1.54, 1.807) is 6.08 Å². The van der Waals surface area contributed by atoms with Crippen LogP contribution in [0.1, 0.15) is 12.7 Å². The van der Waals surface area contributed by atoms with E-state index in [-0.39, 0.29) is 0 Å². The van der Waals surface area contributed by atoms with Crippen molar-refractivity contribution in [3.05, 3.63) is 188 Å². The number of benzene rings is 7. The number of rotatable bonds is 7. The summed E-state index contributed by atoms with van der Waals surface area (Å²) in [5.74, 6) is 1.79. The van der Waals surface area contributed by atoms with Gasteiger partial charge in [0.1, 0.15) is 0 Å². The maximum absolute atomic E-state index is 5.24.